The molecule has 0 unspecified atom stereocenters. The quantitative estimate of drug-likeness (QED) is 0.592. The summed E-state index contributed by atoms with van der Waals surface area (Å²) in [6, 6.07) is 7.91. The molecule has 0 amide bonds. The highest BCUT2D eigenvalue weighted by molar-refractivity contribution is 9.10. The van der Waals surface area contributed by atoms with Gasteiger partial charge in [-0.2, -0.15) is 0 Å². The zero-order valence-corrected chi connectivity index (χ0v) is 15.6. The number of halogens is 2. The van der Waals surface area contributed by atoms with Crippen LogP contribution in [0.2, 0.25) is 0 Å². The third kappa shape index (κ3) is 3.98. The van der Waals surface area contributed by atoms with Gasteiger partial charge >= 0.3 is 6.09 Å². The van der Waals surface area contributed by atoms with Crippen LogP contribution in [0.5, 0.6) is 0 Å². The van der Waals surface area contributed by atoms with Gasteiger partial charge in [0.15, 0.2) is 0 Å². The van der Waals surface area contributed by atoms with E-state index >= 15 is 0 Å². The van der Waals surface area contributed by atoms with Gasteiger partial charge in [0.2, 0.25) is 0 Å². The van der Waals surface area contributed by atoms with Crippen LogP contribution in [0.25, 0.3) is 11.3 Å². The molecule has 1 aromatic carbocycles. The highest BCUT2D eigenvalue weighted by atomic mass is 79.9. The lowest BCUT2D eigenvalue weighted by Crippen LogP contribution is -2.27. The fourth-order valence-corrected chi connectivity index (χ4v) is 2.75. The molecule has 2 rings (SSSR count). The summed E-state index contributed by atoms with van der Waals surface area (Å²) in [5.74, 6) is 0. The Bertz CT molecular complexity index is 684. The molecule has 112 valence electrons. The molecule has 3 nitrogen and oxygen atoms in total. The third-order valence-electron chi connectivity index (χ3n) is 2.85. The van der Waals surface area contributed by atoms with Crippen LogP contribution in [0.15, 0.2) is 39.4 Å². The van der Waals surface area contributed by atoms with E-state index in [1.807, 2.05) is 52.0 Å². The molecule has 0 spiro atoms. The Kier molecular flexibility index (Phi) is 4.63. The number of aryl methyl sites for hydroxylation is 1. The van der Waals surface area contributed by atoms with E-state index in [4.69, 9.17) is 4.74 Å². The second-order valence-corrected chi connectivity index (χ2v) is 7.68. The first-order chi connectivity index (χ1) is 9.67. The Balaban J connectivity index is 2.51. The summed E-state index contributed by atoms with van der Waals surface area (Å²) < 4.78 is 8.80. The number of hydrogen-bond acceptors (Lipinski definition) is 2. The highest BCUT2D eigenvalue weighted by Gasteiger charge is 2.21. The second kappa shape index (κ2) is 5.97. The molecular weight excluding hydrogens is 398 g/mol. The van der Waals surface area contributed by atoms with Crippen molar-refractivity contribution in [1.29, 1.82) is 0 Å². The Labute approximate surface area is 141 Å². The molecule has 0 saturated carbocycles. The maximum absolute atomic E-state index is 12.4. The molecule has 1 aromatic heterocycles. The average Bonchev–Trinajstić information content (AvgIpc) is 2.72. The van der Waals surface area contributed by atoms with Gasteiger partial charge < -0.3 is 4.74 Å². The topological polar surface area (TPSA) is 31.2 Å². The van der Waals surface area contributed by atoms with Crippen molar-refractivity contribution >= 4 is 38.0 Å². The van der Waals surface area contributed by atoms with E-state index in [1.54, 1.807) is 6.20 Å². The Morgan fingerprint density at radius 1 is 1.14 bits per heavy atom. The van der Waals surface area contributed by atoms with E-state index < -0.39 is 5.60 Å². The van der Waals surface area contributed by atoms with E-state index in [1.165, 1.54) is 4.57 Å². The number of carbonyl (C=O) groups is 1. The number of ether oxygens (including phenoxy) is 1. The summed E-state index contributed by atoms with van der Waals surface area (Å²) in [5, 5.41) is 0. The van der Waals surface area contributed by atoms with Crippen LogP contribution in [-0.2, 0) is 4.74 Å². The minimum Gasteiger partial charge on any atom is -0.443 e. The Hall–Kier alpha value is -1.07. The lowest BCUT2D eigenvalue weighted by molar-refractivity contribution is 0.0540. The van der Waals surface area contributed by atoms with Crippen LogP contribution >= 0.6 is 31.9 Å². The lowest BCUT2D eigenvalue weighted by atomic mass is 10.1. The zero-order chi connectivity index (χ0) is 15.8. The summed E-state index contributed by atoms with van der Waals surface area (Å²) >= 11 is 6.90. The third-order valence-corrected chi connectivity index (χ3v) is 3.78. The van der Waals surface area contributed by atoms with Gasteiger partial charge in [0.05, 0.1) is 5.69 Å². The van der Waals surface area contributed by atoms with Crippen LogP contribution in [0.3, 0.4) is 0 Å². The Morgan fingerprint density at radius 3 is 2.43 bits per heavy atom. The summed E-state index contributed by atoms with van der Waals surface area (Å²) in [7, 11) is 0. The number of hydrogen-bond donors (Lipinski definition) is 0. The largest absolute Gasteiger partial charge is 0.443 e. The molecule has 0 fully saturated rings. The SMILES string of the molecule is Cc1ccc(Br)cc1-c1cc(Br)cn1C(=O)OC(C)(C)C. The van der Waals surface area contributed by atoms with Crippen molar-refractivity contribution in [3.8, 4) is 11.3 Å². The number of aromatic nitrogens is 1. The van der Waals surface area contributed by atoms with Gasteiger partial charge in [0, 0.05) is 20.7 Å². The van der Waals surface area contributed by atoms with Crippen LogP contribution in [0.4, 0.5) is 4.79 Å². The van der Waals surface area contributed by atoms with Crippen molar-refractivity contribution in [1.82, 2.24) is 4.57 Å². The minimum absolute atomic E-state index is 0.387. The fourth-order valence-electron chi connectivity index (χ4n) is 1.97. The molecule has 0 bridgehead atoms. The van der Waals surface area contributed by atoms with Gasteiger partial charge in [0.1, 0.15) is 5.60 Å². The zero-order valence-electron chi connectivity index (χ0n) is 12.4. The lowest BCUT2D eigenvalue weighted by Gasteiger charge is -2.20. The molecule has 0 aliphatic heterocycles. The predicted molar refractivity (Wildman–Crippen MR) is 91.6 cm³/mol. The van der Waals surface area contributed by atoms with Crippen LogP contribution in [0, 0.1) is 6.92 Å². The first kappa shape index (κ1) is 16.3. The van der Waals surface area contributed by atoms with Gasteiger partial charge in [-0.15, -0.1) is 0 Å². The normalized spacial score (nSPS) is 11.5. The number of rotatable bonds is 1. The van der Waals surface area contributed by atoms with Gasteiger partial charge in [-0.3, -0.25) is 4.57 Å². The highest BCUT2D eigenvalue weighted by Crippen LogP contribution is 2.31. The molecule has 0 aliphatic carbocycles. The van der Waals surface area contributed by atoms with Crippen LogP contribution in [-0.4, -0.2) is 16.3 Å². The number of nitrogens with zero attached hydrogens (tertiary/aromatic N) is 1. The molecule has 5 heteroatoms. The van der Waals surface area contributed by atoms with E-state index in [9.17, 15) is 4.79 Å². The van der Waals surface area contributed by atoms with Gasteiger partial charge in [-0.25, -0.2) is 4.79 Å². The standard InChI is InChI=1S/C16H17Br2NO2/c1-10-5-6-11(17)7-13(10)14-8-12(18)9-19(14)15(20)21-16(2,3)4/h5-9H,1-4H3. The second-order valence-electron chi connectivity index (χ2n) is 5.85. The van der Waals surface area contributed by atoms with Crippen molar-refractivity contribution in [2.24, 2.45) is 0 Å². The van der Waals surface area contributed by atoms with Crippen LogP contribution < -0.4 is 0 Å². The monoisotopic (exact) mass is 413 g/mol. The first-order valence-corrected chi connectivity index (χ1v) is 8.14. The molecule has 0 N–H and O–H groups in total. The average molecular weight is 415 g/mol. The minimum atomic E-state index is -0.530. The van der Waals surface area contributed by atoms with Crippen molar-refractivity contribution in [3.05, 3.63) is 45.0 Å². The molecule has 0 saturated heterocycles. The van der Waals surface area contributed by atoms with Crippen molar-refractivity contribution in [2.75, 3.05) is 0 Å². The van der Waals surface area contributed by atoms with E-state index in [-0.39, 0.29) is 6.09 Å². The van der Waals surface area contributed by atoms with Gasteiger partial charge in [-0.05, 0) is 67.4 Å². The van der Waals surface area contributed by atoms with Crippen molar-refractivity contribution in [2.45, 2.75) is 33.3 Å². The maximum atomic E-state index is 12.4. The predicted octanol–water partition coefficient (Wildman–Crippen LogP) is 5.77. The molecule has 0 radical (unpaired) electrons. The summed E-state index contributed by atoms with van der Waals surface area (Å²) in [5.41, 5.74) is 2.35. The summed E-state index contributed by atoms with van der Waals surface area (Å²) in [4.78, 5) is 12.4. The first-order valence-electron chi connectivity index (χ1n) is 6.55. The molecule has 2 aromatic rings. The maximum Gasteiger partial charge on any atom is 0.419 e. The van der Waals surface area contributed by atoms with Crippen LogP contribution in [0.1, 0.15) is 26.3 Å². The summed E-state index contributed by atoms with van der Waals surface area (Å²) in [6.45, 7) is 7.58. The molecule has 0 aliphatic rings. The summed E-state index contributed by atoms with van der Waals surface area (Å²) in [6.07, 6.45) is 1.34. The van der Waals surface area contributed by atoms with E-state index in [0.29, 0.717) is 0 Å². The van der Waals surface area contributed by atoms with Crippen molar-refractivity contribution in [3.63, 3.8) is 0 Å². The van der Waals surface area contributed by atoms with E-state index in [0.717, 1.165) is 25.8 Å². The van der Waals surface area contributed by atoms with E-state index in [2.05, 4.69) is 31.9 Å². The number of benzene rings is 1. The van der Waals surface area contributed by atoms with Gasteiger partial charge in [-0.1, -0.05) is 22.0 Å². The molecule has 0 atom stereocenters. The fraction of sp³-hybridized carbons (Fsp3) is 0.312. The molecular formula is C16H17Br2NO2. The Morgan fingerprint density at radius 2 is 1.81 bits per heavy atom. The number of carbonyl (C=O) groups excluding carboxylic acids is 1. The molecule has 21 heavy (non-hydrogen) atoms. The smallest absolute Gasteiger partial charge is 0.419 e. The van der Waals surface area contributed by atoms with Gasteiger partial charge in [0.25, 0.3) is 0 Å². The van der Waals surface area contributed by atoms with Crippen molar-refractivity contribution < 1.29 is 9.53 Å². The molecule has 1 heterocycles.